The Morgan fingerprint density at radius 3 is 2.33 bits per heavy atom. The summed E-state index contributed by atoms with van der Waals surface area (Å²) in [5.74, 6) is -12.1. The highest BCUT2D eigenvalue weighted by molar-refractivity contribution is 6.32. The van der Waals surface area contributed by atoms with E-state index in [1.165, 1.54) is 25.1 Å². The van der Waals surface area contributed by atoms with Gasteiger partial charge in [0, 0.05) is 11.5 Å². The molecule has 10 nitrogen and oxygen atoms in total. The number of carbonyl (C=O) groups is 5. The van der Waals surface area contributed by atoms with Crippen molar-refractivity contribution >= 4 is 29.0 Å². The molecule has 3 saturated carbocycles. The molecule has 4 aliphatic rings. The first kappa shape index (κ1) is 28.6. The van der Waals surface area contributed by atoms with Gasteiger partial charge in [0.25, 0.3) is 0 Å². The van der Waals surface area contributed by atoms with Crippen LogP contribution in [-0.2, 0) is 19.2 Å². The summed E-state index contributed by atoms with van der Waals surface area (Å²) in [7, 11) is 3.04. The minimum atomic E-state index is -2.95. The molecule has 4 aliphatic carbocycles. The lowest BCUT2D eigenvalue weighted by Crippen LogP contribution is -2.78. The van der Waals surface area contributed by atoms with Gasteiger partial charge < -0.3 is 20.6 Å². The highest BCUT2D eigenvalue weighted by Crippen LogP contribution is 2.54. The third kappa shape index (κ3) is 3.83. The standard InChI is InChI=1S/C30H38N2O8/c1-5-29(12-7-6-8-13-29)31-28(39)20-25(36)22(32(3)4)21-24(35)17-14(2)15-10-9-11-16(33)18(15)23(34)19(17)26(37)30(21,40)27(20)38/h9-11,14,17,19-22,24,33,35,40H,5-8,12-13H2,1-4H3,(H,31,39)/t14-,17+,19?,20?,21+,22-,24-,30-/m1/s1. The Balaban J connectivity index is 1.61. The van der Waals surface area contributed by atoms with Crippen molar-refractivity contribution in [2.24, 2.45) is 23.7 Å². The SMILES string of the molecule is CCC1(NC(=O)C2C(=O)[C@H](N(C)C)[C@H]3[C@H](O)[C@@H]4C(C(=O)c5c(O)cccc5[C@H]4C)C(=O)[C@@]3(O)C2=O)CCCCC1. The Morgan fingerprint density at radius 1 is 1.07 bits per heavy atom. The van der Waals surface area contributed by atoms with Gasteiger partial charge in [-0.05, 0) is 50.9 Å². The number of hydrogen-bond acceptors (Lipinski definition) is 9. The Labute approximate surface area is 233 Å². The molecule has 1 aromatic carbocycles. The lowest BCUT2D eigenvalue weighted by atomic mass is 9.49. The number of aliphatic hydroxyl groups is 2. The Morgan fingerprint density at radius 2 is 1.73 bits per heavy atom. The van der Waals surface area contributed by atoms with E-state index in [-0.39, 0.29) is 11.3 Å². The van der Waals surface area contributed by atoms with Crippen LogP contribution in [0, 0.1) is 23.7 Å². The second kappa shape index (κ2) is 9.85. The topological polar surface area (TPSA) is 161 Å². The van der Waals surface area contributed by atoms with Crippen molar-refractivity contribution in [1.82, 2.24) is 10.2 Å². The van der Waals surface area contributed by atoms with Gasteiger partial charge in [-0.15, -0.1) is 0 Å². The molecular formula is C30H38N2O8. The number of phenols is 1. The van der Waals surface area contributed by atoms with Gasteiger partial charge in [0.1, 0.15) is 5.75 Å². The van der Waals surface area contributed by atoms with Crippen molar-refractivity contribution in [3.8, 4) is 5.75 Å². The highest BCUT2D eigenvalue weighted by Gasteiger charge is 2.73. The molecule has 0 saturated heterocycles. The molecular weight excluding hydrogens is 516 g/mol. The predicted molar refractivity (Wildman–Crippen MR) is 143 cm³/mol. The Hall–Kier alpha value is -2.95. The molecule has 0 radical (unpaired) electrons. The molecule has 0 spiro atoms. The smallest absolute Gasteiger partial charge is 0.238 e. The normalized spacial score (nSPS) is 37.0. The number of aliphatic hydroxyl groups excluding tert-OH is 1. The zero-order valence-corrected chi connectivity index (χ0v) is 23.3. The average Bonchev–Trinajstić information content (AvgIpc) is 2.91. The fourth-order valence-electron chi connectivity index (χ4n) is 8.06. The summed E-state index contributed by atoms with van der Waals surface area (Å²) in [5.41, 5.74) is -3.19. The van der Waals surface area contributed by atoms with Gasteiger partial charge in [-0.1, -0.05) is 45.2 Å². The van der Waals surface area contributed by atoms with E-state index in [4.69, 9.17) is 0 Å². The molecule has 2 unspecified atom stereocenters. The molecule has 0 heterocycles. The van der Waals surface area contributed by atoms with Gasteiger partial charge in [-0.3, -0.25) is 28.9 Å². The van der Waals surface area contributed by atoms with E-state index in [1.807, 2.05) is 6.92 Å². The maximum Gasteiger partial charge on any atom is 0.238 e. The van der Waals surface area contributed by atoms with E-state index in [1.54, 1.807) is 19.1 Å². The summed E-state index contributed by atoms with van der Waals surface area (Å²) in [4.78, 5) is 70.8. The van der Waals surface area contributed by atoms with Gasteiger partial charge >= 0.3 is 0 Å². The predicted octanol–water partition coefficient (Wildman–Crippen LogP) is 1.14. The number of likely N-dealkylation sites (N-methyl/N-ethyl adjacent to an activating group) is 1. The van der Waals surface area contributed by atoms with Gasteiger partial charge in [0.15, 0.2) is 34.7 Å². The molecule has 0 bridgehead atoms. The van der Waals surface area contributed by atoms with Crippen molar-refractivity contribution < 1.29 is 39.3 Å². The number of aromatic hydroxyl groups is 1. The molecule has 0 aliphatic heterocycles. The molecule has 3 fully saturated rings. The van der Waals surface area contributed by atoms with Crippen LogP contribution in [0.25, 0.3) is 0 Å². The van der Waals surface area contributed by atoms with Crippen molar-refractivity contribution in [2.45, 2.75) is 81.6 Å². The molecule has 4 N–H and O–H groups in total. The zero-order valence-electron chi connectivity index (χ0n) is 23.3. The maximum absolute atomic E-state index is 14.2. The molecule has 0 aromatic heterocycles. The quantitative estimate of drug-likeness (QED) is 0.400. The average molecular weight is 555 g/mol. The number of carbonyl (C=O) groups excluding carboxylic acids is 5. The molecule has 216 valence electrons. The van der Waals surface area contributed by atoms with Crippen LogP contribution in [0.15, 0.2) is 18.2 Å². The molecule has 10 heteroatoms. The number of Topliss-reactive ketones (excluding diaryl/α,β-unsaturated/α-hetero) is 4. The number of phenolic OH excluding ortho intramolecular Hbond substituents is 1. The first-order chi connectivity index (χ1) is 18.8. The summed E-state index contributed by atoms with van der Waals surface area (Å²) >= 11 is 0. The number of rotatable bonds is 4. The number of nitrogens with one attached hydrogen (secondary N) is 1. The molecule has 1 amide bonds. The number of amides is 1. The summed E-state index contributed by atoms with van der Waals surface area (Å²) in [5, 5.41) is 37.1. The fourth-order valence-corrected chi connectivity index (χ4v) is 8.06. The molecule has 8 atom stereocenters. The number of benzene rings is 1. The van der Waals surface area contributed by atoms with E-state index in [9.17, 15) is 39.3 Å². The summed E-state index contributed by atoms with van der Waals surface area (Å²) < 4.78 is 0. The van der Waals surface area contributed by atoms with Gasteiger partial charge in [0.2, 0.25) is 5.91 Å². The number of fused-ring (bicyclic) bond motifs is 3. The Kier molecular flexibility index (Phi) is 7.04. The van der Waals surface area contributed by atoms with Crippen molar-refractivity contribution in [2.75, 3.05) is 14.1 Å². The number of ketones is 4. The third-order valence-electron chi connectivity index (χ3n) is 10.2. The first-order valence-electron chi connectivity index (χ1n) is 14.2. The van der Waals surface area contributed by atoms with E-state index < -0.39 is 81.9 Å². The molecule has 5 rings (SSSR count). The third-order valence-corrected chi connectivity index (χ3v) is 10.2. The summed E-state index contributed by atoms with van der Waals surface area (Å²) in [6.07, 6.45) is 3.14. The molecule has 40 heavy (non-hydrogen) atoms. The van der Waals surface area contributed by atoms with E-state index >= 15 is 0 Å². The van der Waals surface area contributed by atoms with Crippen molar-refractivity contribution in [3.05, 3.63) is 29.3 Å². The largest absolute Gasteiger partial charge is 0.507 e. The van der Waals surface area contributed by atoms with E-state index in [2.05, 4.69) is 5.32 Å². The number of hydrogen-bond donors (Lipinski definition) is 4. The maximum atomic E-state index is 14.2. The second-order valence-electron chi connectivity index (χ2n) is 12.4. The monoisotopic (exact) mass is 554 g/mol. The van der Waals surface area contributed by atoms with Crippen LogP contribution < -0.4 is 5.32 Å². The highest BCUT2D eigenvalue weighted by atomic mass is 16.3. The van der Waals surface area contributed by atoms with Crippen molar-refractivity contribution in [1.29, 1.82) is 0 Å². The van der Waals surface area contributed by atoms with Gasteiger partial charge in [0.05, 0.1) is 29.5 Å². The minimum absolute atomic E-state index is 0.0844. The van der Waals surface area contributed by atoms with Crippen LogP contribution in [0.5, 0.6) is 5.75 Å². The van der Waals surface area contributed by atoms with Crippen molar-refractivity contribution in [3.63, 3.8) is 0 Å². The lowest BCUT2D eigenvalue weighted by molar-refractivity contribution is -0.197. The summed E-state index contributed by atoms with van der Waals surface area (Å²) in [6.45, 7) is 3.62. The zero-order chi connectivity index (χ0) is 29.3. The van der Waals surface area contributed by atoms with Crippen LogP contribution in [-0.4, -0.2) is 86.6 Å². The van der Waals surface area contributed by atoms with Crippen LogP contribution in [0.1, 0.15) is 74.2 Å². The van der Waals surface area contributed by atoms with Crippen LogP contribution in [0.2, 0.25) is 0 Å². The Bertz CT molecular complexity index is 1280. The second-order valence-corrected chi connectivity index (χ2v) is 12.4. The molecule has 1 aromatic rings. The first-order valence-corrected chi connectivity index (χ1v) is 14.2. The van der Waals surface area contributed by atoms with E-state index in [0.29, 0.717) is 24.8 Å². The van der Waals surface area contributed by atoms with Crippen LogP contribution >= 0.6 is 0 Å². The fraction of sp³-hybridized carbons (Fsp3) is 0.633. The van der Waals surface area contributed by atoms with E-state index in [0.717, 1.165) is 19.3 Å². The van der Waals surface area contributed by atoms with Gasteiger partial charge in [-0.25, -0.2) is 0 Å². The summed E-state index contributed by atoms with van der Waals surface area (Å²) in [6, 6.07) is 3.16. The van der Waals surface area contributed by atoms with Crippen LogP contribution in [0.4, 0.5) is 0 Å². The van der Waals surface area contributed by atoms with Gasteiger partial charge in [-0.2, -0.15) is 0 Å². The number of nitrogens with zero attached hydrogens (tertiary/aromatic N) is 1. The van der Waals surface area contributed by atoms with Crippen LogP contribution in [0.3, 0.4) is 0 Å². The lowest BCUT2D eigenvalue weighted by Gasteiger charge is -2.56. The minimum Gasteiger partial charge on any atom is -0.507 e.